The molecule has 19 heavy (non-hydrogen) atoms. The molecule has 0 spiro atoms. The maximum atomic E-state index is 5.45. The van der Waals surface area contributed by atoms with E-state index in [2.05, 4.69) is 24.4 Å². The van der Waals surface area contributed by atoms with Crippen molar-refractivity contribution in [1.29, 1.82) is 0 Å². The van der Waals surface area contributed by atoms with E-state index < -0.39 is 0 Å². The predicted molar refractivity (Wildman–Crippen MR) is 80.3 cm³/mol. The molecule has 0 aliphatic heterocycles. The molecule has 0 fully saturated rings. The van der Waals surface area contributed by atoms with Gasteiger partial charge in [0.2, 0.25) is 0 Å². The third-order valence-corrected chi connectivity index (χ3v) is 3.98. The van der Waals surface area contributed by atoms with Gasteiger partial charge in [-0.3, -0.25) is 0 Å². The molecule has 2 heteroatoms. The van der Waals surface area contributed by atoms with Gasteiger partial charge in [0.25, 0.3) is 0 Å². The van der Waals surface area contributed by atoms with E-state index in [1.165, 1.54) is 38.5 Å². The minimum absolute atomic E-state index is 0.535. The fourth-order valence-corrected chi connectivity index (χ4v) is 2.94. The smallest absolute Gasteiger partial charge is 0.103 e. The standard InChI is InChI=1S/C17H27NO/c1-2-18-17(13-12-16-11-8-14-19-16)15-9-6-4-3-5-7-10-15/h8-9,11,14,17-18H,2-7,10,12-13H2,1H3/b15-9+. The van der Waals surface area contributed by atoms with Gasteiger partial charge in [0.15, 0.2) is 0 Å². The van der Waals surface area contributed by atoms with E-state index in [4.69, 9.17) is 4.42 Å². The summed E-state index contributed by atoms with van der Waals surface area (Å²) in [5.41, 5.74) is 1.63. The Bertz CT molecular complexity index is 367. The molecule has 2 nitrogen and oxygen atoms in total. The SMILES string of the molecule is CCNC(CCc1ccco1)/C1=C/CCCCCC1. The predicted octanol–water partition coefficient (Wildman–Crippen LogP) is 4.47. The maximum absolute atomic E-state index is 5.45. The van der Waals surface area contributed by atoms with Crippen molar-refractivity contribution in [3.05, 3.63) is 35.8 Å². The fourth-order valence-electron chi connectivity index (χ4n) is 2.94. The molecule has 1 aromatic rings. The third kappa shape index (κ3) is 4.87. The van der Waals surface area contributed by atoms with Crippen molar-refractivity contribution in [2.75, 3.05) is 6.54 Å². The van der Waals surface area contributed by atoms with E-state index in [1.807, 2.05) is 6.07 Å². The first-order chi connectivity index (χ1) is 9.40. The Kier molecular flexibility index (Phi) is 6.22. The van der Waals surface area contributed by atoms with Crippen molar-refractivity contribution >= 4 is 0 Å². The second-order valence-electron chi connectivity index (χ2n) is 5.46. The van der Waals surface area contributed by atoms with Crippen LogP contribution in [-0.4, -0.2) is 12.6 Å². The Balaban J connectivity index is 1.92. The monoisotopic (exact) mass is 261 g/mol. The second kappa shape index (κ2) is 8.21. The van der Waals surface area contributed by atoms with Crippen molar-refractivity contribution in [1.82, 2.24) is 5.32 Å². The van der Waals surface area contributed by atoms with Crippen molar-refractivity contribution in [3.63, 3.8) is 0 Å². The molecule has 1 aliphatic carbocycles. The minimum atomic E-state index is 0.535. The molecule has 1 N–H and O–H groups in total. The minimum Gasteiger partial charge on any atom is -0.469 e. The summed E-state index contributed by atoms with van der Waals surface area (Å²) in [7, 11) is 0. The van der Waals surface area contributed by atoms with Gasteiger partial charge in [-0.2, -0.15) is 0 Å². The zero-order valence-corrected chi connectivity index (χ0v) is 12.2. The summed E-state index contributed by atoms with van der Waals surface area (Å²) >= 11 is 0. The lowest BCUT2D eigenvalue weighted by Gasteiger charge is -2.23. The molecule has 0 aromatic carbocycles. The highest BCUT2D eigenvalue weighted by molar-refractivity contribution is 5.13. The van der Waals surface area contributed by atoms with E-state index in [-0.39, 0.29) is 0 Å². The normalized spacial score (nSPS) is 21.2. The highest BCUT2D eigenvalue weighted by Crippen LogP contribution is 2.22. The third-order valence-electron chi connectivity index (χ3n) is 3.98. The van der Waals surface area contributed by atoms with E-state index in [0.717, 1.165) is 25.1 Å². The molecule has 0 saturated heterocycles. The summed E-state index contributed by atoms with van der Waals surface area (Å²) in [6.07, 6.45) is 14.5. The van der Waals surface area contributed by atoms with Gasteiger partial charge in [0.1, 0.15) is 5.76 Å². The van der Waals surface area contributed by atoms with E-state index in [9.17, 15) is 0 Å². The van der Waals surface area contributed by atoms with E-state index in [0.29, 0.717) is 6.04 Å². The fraction of sp³-hybridized carbons (Fsp3) is 0.647. The van der Waals surface area contributed by atoms with Crippen molar-refractivity contribution in [2.24, 2.45) is 0 Å². The van der Waals surface area contributed by atoms with E-state index >= 15 is 0 Å². The van der Waals surface area contributed by atoms with Gasteiger partial charge in [-0.15, -0.1) is 0 Å². The highest BCUT2D eigenvalue weighted by atomic mass is 16.3. The molecule has 106 valence electrons. The summed E-state index contributed by atoms with van der Waals surface area (Å²) in [5, 5.41) is 3.65. The number of aryl methyl sites for hydroxylation is 1. The Labute approximate surface area is 117 Å². The van der Waals surface area contributed by atoms with Crippen LogP contribution in [0.4, 0.5) is 0 Å². The zero-order valence-electron chi connectivity index (χ0n) is 12.2. The molecular formula is C17H27NO. The summed E-state index contributed by atoms with van der Waals surface area (Å²) in [6, 6.07) is 4.59. The number of furan rings is 1. The quantitative estimate of drug-likeness (QED) is 0.764. The van der Waals surface area contributed by atoms with Crippen LogP contribution in [0.5, 0.6) is 0 Å². The van der Waals surface area contributed by atoms with Crippen LogP contribution < -0.4 is 5.32 Å². The maximum Gasteiger partial charge on any atom is 0.103 e. The summed E-state index contributed by atoms with van der Waals surface area (Å²) in [5.74, 6) is 1.11. The molecule has 1 atom stereocenters. The van der Waals surface area contributed by atoms with Crippen LogP contribution in [-0.2, 0) is 6.42 Å². The summed E-state index contributed by atoms with van der Waals surface area (Å²) in [6.45, 7) is 3.24. The van der Waals surface area contributed by atoms with Gasteiger partial charge < -0.3 is 9.73 Å². The van der Waals surface area contributed by atoms with Gasteiger partial charge in [0.05, 0.1) is 6.26 Å². The van der Waals surface area contributed by atoms with Gasteiger partial charge in [-0.05, 0) is 50.8 Å². The molecule has 1 unspecified atom stereocenters. The molecular weight excluding hydrogens is 234 g/mol. The van der Waals surface area contributed by atoms with Gasteiger partial charge >= 0.3 is 0 Å². The number of hydrogen-bond acceptors (Lipinski definition) is 2. The largest absolute Gasteiger partial charge is 0.469 e. The average Bonchev–Trinajstić information content (AvgIpc) is 2.88. The Hall–Kier alpha value is -1.02. The number of rotatable bonds is 6. The van der Waals surface area contributed by atoms with Crippen LogP contribution in [0, 0.1) is 0 Å². The Morgan fingerprint density at radius 1 is 1.26 bits per heavy atom. The van der Waals surface area contributed by atoms with Crippen LogP contribution in [0.15, 0.2) is 34.5 Å². The highest BCUT2D eigenvalue weighted by Gasteiger charge is 2.14. The van der Waals surface area contributed by atoms with Crippen LogP contribution in [0.3, 0.4) is 0 Å². The summed E-state index contributed by atoms with van der Waals surface area (Å²) in [4.78, 5) is 0. The molecule has 1 aliphatic rings. The lowest BCUT2D eigenvalue weighted by Crippen LogP contribution is -2.31. The molecule has 0 saturated carbocycles. The first-order valence-electron chi connectivity index (χ1n) is 7.85. The summed E-state index contributed by atoms with van der Waals surface area (Å²) < 4.78 is 5.45. The first-order valence-corrected chi connectivity index (χ1v) is 7.85. The number of hydrogen-bond donors (Lipinski definition) is 1. The molecule has 0 radical (unpaired) electrons. The molecule has 1 heterocycles. The van der Waals surface area contributed by atoms with Gasteiger partial charge in [-0.1, -0.05) is 31.4 Å². The molecule has 2 rings (SSSR count). The van der Waals surface area contributed by atoms with Gasteiger partial charge in [-0.25, -0.2) is 0 Å². The zero-order chi connectivity index (χ0) is 13.3. The van der Waals surface area contributed by atoms with Crippen molar-refractivity contribution in [3.8, 4) is 0 Å². The van der Waals surface area contributed by atoms with Crippen LogP contribution in [0.1, 0.15) is 57.6 Å². The second-order valence-corrected chi connectivity index (χ2v) is 5.46. The Morgan fingerprint density at radius 2 is 2.16 bits per heavy atom. The van der Waals surface area contributed by atoms with Crippen molar-refractivity contribution in [2.45, 2.75) is 64.3 Å². The number of likely N-dealkylation sites (N-methyl/N-ethyl adjacent to an activating group) is 1. The van der Waals surface area contributed by atoms with Gasteiger partial charge in [0, 0.05) is 12.5 Å². The molecule has 0 bridgehead atoms. The molecule has 0 amide bonds. The lowest BCUT2D eigenvalue weighted by molar-refractivity contribution is 0.463. The van der Waals surface area contributed by atoms with E-state index in [1.54, 1.807) is 11.8 Å². The lowest BCUT2D eigenvalue weighted by atomic mass is 9.92. The van der Waals surface area contributed by atoms with Crippen LogP contribution >= 0.6 is 0 Å². The average molecular weight is 261 g/mol. The number of allylic oxidation sites excluding steroid dienone is 1. The van der Waals surface area contributed by atoms with Crippen LogP contribution in [0.2, 0.25) is 0 Å². The van der Waals surface area contributed by atoms with Crippen molar-refractivity contribution < 1.29 is 4.42 Å². The first kappa shape index (κ1) is 14.4. The number of nitrogens with one attached hydrogen (secondary N) is 1. The Morgan fingerprint density at radius 3 is 2.95 bits per heavy atom. The molecule has 1 aromatic heterocycles. The topological polar surface area (TPSA) is 25.2 Å². The van der Waals surface area contributed by atoms with Crippen LogP contribution in [0.25, 0.3) is 0 Å².